The molecule has 1 rings (SSSR count). The molecule has 0 aliphatic heterocycles. The Morgan fingerprint density at radius 1 is 1.26 bits per heavy atom. The van der Waals surface area contributed by atoms with Crippen LogP contribution in [0.3, 0.4) is 0 Å². The van der Waals surface area contributed by atoms with Crippen LogP contribution in [-0.2, 0) is 4.79 Å². The summed E-state index contributed by atoms with van der Waals surface area (Å²) in [6.07, 6.45) is 4.01. The second-order valence-electron chi connectivity index (χ2n) is 4.87. The first-order chi connectivity index (χ1) is 9.11. The smallest absolute Gasteiger partial charge is 0.221 e. The quantitative estimate of drug-likeness (QED) is 0.672. The van der Waals surface area contributed by atoms with Crippen LogP contribution in [0.5, 0.6) is 0 Å². The molecule has 0 atom stereocenters. The van der Waals surface area contributed by atoms with Gasteiger partial charge in [0.2, 0.25) is 5.91 Å². The summed E-state index contributed by atoms with van der Waals surface area (Å²) in [5.41, 5.74) is 1.91. The number of anilines is 2. The third-order valence-corrected chi connectivity index (χ3v) is 2.51. The van der Waals surface area contributed by atoms with Gasteiger partial charge in [-0.05, 0) is 18.9 Å². The van der Waals surface area contributed by atoms with Crippen LogP contribution < -0.4 is 16.0 Å². The summed E-state index contributed by atoms with van der Waals surface area (Å²) in [4.78, 5) is 15.7. The van der Waals surface area contributed by atoms with Crippen molar-refractivity contribution in [1.82, 2.24) is 10.3 Å². The molecule has 1 heterocycles. The summed E-state index contributed by atoms with van der Waals surface area (Å²) in [5, 5.41) is 9.29. The van der Waals surface area contributed by atoms with Crippen molar-refractivity contribution in [2.45, 2.75) is 27.2 Å². The van der Waals surface area contributed by atoms with Gasteiger partial charge in [0.05, 0.1) is 23.8 Å². The van der Waals surface area contributed by atoms with E-state index in [9.17, 15) is 4.79 Å². The molecular formula is C14H24N4O. The predicted octanol–water partition coefficient (Wildman–Crippen LogP) is 2.09. The van der Waals surface area contributed by atoms with Gasteiger partial charge < -0.3 is 16.0 Å². The predicted molar refractivity (Wildman–Crippen MR) is 79.4 cm³/mol. The van der Waals surface area contributed by atoms with Gasteiger partial charge in [0.1, 0.15) is 0 Å². The van der Waals surface area contributed by atoms with Crippen LogP contribution >= 0.6 is 0 Å². The van der Waals surface area contributed by atoms with Crippen molar-refractivity contribution < 1.29 is 4.79 Å². The first-order valence-corrected chi connectivity index (χ1v) is 6.81. The van der Waals surface area contributed by atoms with E-state index in [-0.39, 0.29) is 5.91 Å². The lowest BCUT2D eigenvalue weighted by molar-refractivity contribution is -0.120. The maximum atomic E-state index is 11.5. The summed E-state index contributed by atoms with van der Waals surface area (Å²) in [6, 6.07) is 1.99. The molecule has 0 fully saturated rings. The van der Waals surface area contributed by atoms with E-state index in [1.165, 1.54) is 0 Å². The van der Waals surface area contributed by atoms with Crippen molar-refractivity contribution in [3.05, 3.63) is 18.5 Å². The van der Waals surface area contributed by atoms with E-state index >= 15 is 0 Å². The van der Waals surface area contributed by atoms with Crippen LogP contribution in [0, 0.1) is 5.92 Å². The van der Waals surface area contributed by atoms with E-state index in [4.69, 9.17) is 0 Å². The lowest BCUT2D eigenvalue weighted by atomic mass is 10.2. The van der Waals surface area contributed by atoms with Gasteiger partial charge in [-0.3, -0.25) is 9.78 Å². The average molecular weight is 264 g/mol. The highest BCUT2D eigenvalue weighted by Crippen LogP contribution is 2.12. The number of nitrogens with zero attached hydrogens (tertiary/aromatic N) is 1. The Kier molecular flexibility index (Phi) is 6.71. The number of nitrogens with one attached hydrogen (secondary N) is 3. The van der Waals surface area contributed by atoms with E-state index in [0.29, 0.717) is 18.9 Å². The molecule has 5 heteroatoms. The second-order valence-corrected chi connectivity index (χ2v) is 4.87. The largest absolute Gasteiger partial charge is 0.384 e. The summed E-state index contributed by atoms with van der Waals surface area (Å²) in [7, 11) is 0. The second kappa shape index (κ2) is 8.34. The van der Waals surface area contributed by atoms with Gasteiger partial charge in [0.15, 0.2) is 0 Å². The van der Waals surface area contributed by atoms with E-state index < -0.39 is 0 Å². The molecule has 1 aromatic rings. The lowest BCUT2D eigenvalue weighted by Crippen LogP contribution is -2.28. The molecule has 1 amide bonds. The van der Waals surface area contributed by atoms with Crippen molar-refractivity contribution in [3.8, 4) is 0 Å². The van der Waals surface area contributed by atoms with Gasteiger partial charge in [-0.15, -0.1) is 0 Å². The number of amides is 1. The molecule has 0 radical (unpaired) electrons. The number of carbonyl (C=O) groups is 1. The monoisotopic (exact) mass is 264 g/mol. The van der Waals surface area contributed by atoms with E-state index in [0.717, 1.165) is 24.5 Å². The number of aromatic nitrogens is 1. The van der Waals surface area contributed by atoms with E-state index in [1.54, 1.807) is 12.4 Å². The normalized spacial score (nSPS) is 10.3. The third kappa shape index (κ3) is 6.64. The van der Waals surface area contributed by atoms with Gasteiger partial charge in [0.25, 0.3) is 0 Å². The van der Waals surface area contributed by atoms with Gasteiger partial charge >= 0.3 is 0 Å². The number of rotatable bonds is 8. The van der Waals surface area contributed by atoms with Crippen molar-refractivity contribution in [1.29, 1.82) is 0 Å². The minimum atomic E-state index is 0.0806. The molecule has 5 nitrogen and oxygen atoms in total. The van der Waals surface area contributed by atoms with Gasteiger partial charge in [-0.25, -0.2) is 0 Å². The summed E-state index contributed by atoms with van der Waals surface area (Å²) < 4.78 is 0. The Morgan fingerprint density at radius 2 is 1.95 bits per heavy atom. The van der Waals surface area contributed by atoms with Crippen molar-refractivity contribution >= 4 is 17.3 Å². The Hall–Kier alpha value is -1.78. The molecule has 0 aliphatic rings. The van der Waals surface area contributed by atoms with E-state index in [2.05, 4.69) is 34.8 Å². The Balaban J connectivity index is 2.28. The van der Waals surface area contributed by atoms with E-state index in [1.807, 2.05) is 13.0 Å². The summed E-state index contributed by atoms with van der Waals surface area (Å²) in [5.74, 6) is 0.565. The Bertz CT molecular complexity index is 393. The van der Waals surface area contributed by atoms with Crippen molar-refractivity contribution in [3.63, 3.8) is 0 Å². The number of pyridine rings is 1. The molecule has 1 aromatic heterocycles. The molecule has 3 N–H and O–H groups in total. The number of hydrogen-bond donors (Lipinski definition) is 3. The van der Waals surface area contributed by atoms with Crippen LogP contribution in [0.2, 0.25) is 0 Å². The van der Waals surface area contributed by atoms with Crippen LogP contribution in [0.15, 0.2) is 18.5 Å². The Labute approximate surface area is 115 Å². The molecule has 0 aliphatic carbocycles. The molecule has 0 saturated carbocycles. The zero-order chi connectivity index (χ0) is 14.1. The van der Waals surface area contributed by atoms with Crippen LogP contribution in [0.4, 0.5) is 11.4 Å². The first-order valence-electron chi connectivity index (χ1n) is 6.81. The first kappa shape index (κ1) is 15.3. The molecule has 0 saturated heterocycles. The van der Waals surface area contributed by atoms with Crippen molar-refractivity contribution in [2.24, 2.45) is 5.92 Å². The van der Waals surface area contributed by atoms with Gasteiger partial charge in [0, 0.05) is 26.1 Å². The number of hydrogen-bond acceptors (Lipinski definition) is 4. The highest BCUT2D eigenvalue weighted by Gasteiger charge is 2.02. The number of carbonyl (C=O) groups excluding carboxylic acids is 1. The standard InChI is InChI=1S/C14H24N4O/c1-4-16-12-7-13(10-15-9-12)17-6-5-14(19)18-8-11(2)3/h7,9-11,16-17H,4-6,8H2,1-3H3,(H,18,19). The minimum Gasteiger partial charge on any atom is -0.384 e. The molecule has 0 spiro atoms. The fraction of sp³-hybridized carbons (Fsp3) is 0.571. The SMILES string of the molecule is CCNc1cncc(NCCC(=O)NCC(C)C)c1. The van der Waals surface area contributed by atoms with Gasteiger partial charge in [-0.1, -0.05) is 13.8 Å². The van der Waals surface area contributed by atoms with Crippen LogP contribution in [0.25, 0.3) is 0 Å². The molecule has 19 heavy (non-hydrogen) atoms. The fourth-order valence-electron chi connectivity index (χ4n) is 1.56. The maximum Gasteiger partial charge on any atom is 0.221 e. The molecule has 0 bridgehead atoms. The topological polar surface area (TPSA) is 66.0 Å². The zero-order valence-corrected chi connectivity index (χ0v) is 12.0. The summed E-state index contributed by atoms with van der Waals surface area (Å²) in [6.45, 7) is 8.41. The summed E-state index contributed by atoms with van der Waals surface area (Å²) >= 11 is 0. The van der Waals surface area contributed by atoms with Gasteiger partial charge in [-0.2, -0.15) is 0 Å². The highest BCUT2D eigenvalue weighted by molar-refractivity contribution is 5.76. The molecule has 0 unspecified atom stereocenters. The zero-order valence-electron chi connectivity index (χ0n) is 12.0. The molecular weight excluding hydrogens is 240 g/mol. The highest BCUT2D eigenvalue weighted by atomic mass is 16.1. The fourth-order valence-corrected chi connectivity index (χ4v) is 1.56. The molecule has 0 aromatic carbocycles. The third-order valence-electron chi connectivity index (χ3n) is 2.51. The molecule has 106 valence electrons. The lowest BCUT2D eigenvalue weighted by Gasteiger charge is -2.10. The van der Waals surface area contributed by atoms with Crippen LogP contribution in [0.1, 0.15) is 27.2 Å². The minimum absolute atomic E-state index is 0.0806. The Morgan fingerprint density at radius 3 is 2.58 bits per heavy atom. The maximum absolute atomic E-state index is 11.5. The van der Waals surface area contributed by atoms with Crippen LogP contribution in [-0.4, -0.2) is 30.5 Å². The average Bonchev–Trinajstić information content (AvgIpc) is 2.37. The van der Waals surface area contributed by atoms with Crippen molar-refractivity contribution in [2.75, 3.05) is 30.3 Å².